The lowest BCUT2D eigenvalue weighted by Crippen LogP contribution is -2.45. The topological polar surface area (TPSA) is 99.5 Å². The summed E-state index contributed by atoms with van der Waals surface area (Å²) in [6.07, 6.45) is 3.10. The summed E-state index contributed by atoms with van der Waals surface area (Å²) >= 11 is 0. The molecular weight excluding hydrogens is 236 g/mol. The van der Waals surface area contributed by atoms with Crippen LogP contribution < -0.4 is 5.32 Å². The van der Waals surface area contributed by atoms with Crippen molar-refractivity contribution in [3.63, 3.8) is 0 Å². The second-order valence-corrected chi connectivity index (χ2v) is 4.11. The number of aromatic hydroxyl groups is 1. The zero-order chi connectivity index (χ0) is 13.7. The van der Waals surface area contributed by atoms with Crippen LogP contribution in [-0.4, -0.2) is 33.1 Å². The molecule has 0 saturated heterocycles. The normalized spacial score (nSPS) is 13.7. The zero-order valence-electron chi connectivity index (χ0n) is 10.3. The van der Waals surface area contributed by atoms with Gasteiger partial charge in [0.05, 0.1) is 11.8 Å². The number of hydrogen-bond acceptors (Lipinski definition) is 4. The largest absolute Gasteiger partial charge is 0.506 e. The quantitative estimate of drug-likeness (QED) is 0.726. The van der Waals surface area contributed by atoms with Gasteiger partial charge in [0.2, 0.25) is 0 Å². The van der Waals surface area contributed by atoms with Crippen LogP contribution in [0.15, 0.2) is 18.5 Å². The molecule has 18 heavy (non-hydrogen) atoms. The first-order valence-electron chi connectivity index (χ1n) is 5.63. The molecule has 1 heterocycles. The smallest absolute Gasteiger partial charge is 0.326 e. The van der Waals surface area contributed by atoms with E-state index in [0.29, 0.717) is 6.42 Å². The van der Waals surface area contributed by atoms with Crippen LogP contribution in [-0.2, 0) is 4.79 Å². The van der Waals surface area contributed by atoms with Crippen LogP contribution in [0.5, 0.6) is 5.75 Å². The second-order valence-electron chi connectivity index (χ2n) is 4.11. The van der Waals surface area contributed by atoms with Crippen LogP contribution in [0.2, 0.25) is 0 Å². The summed E-state index contributed by atoms with van der Waals surface area (Å²) in [5, 5.41) is 20.7. The molecule has 0 aliphatic carbocycles. The van der Waals surface area contributed by atoms with Gasteiger partial charge >= 0.3 is 5.97 Å². The van der Waals surface area contributed by atoms with Crippen molar-refractivity contribution in [2.24, 2.45) is 5.92 Å². The second kappa shape index (κ2) is 6.00. The molecule has 1 amide bonds. The van der Waals surface area contributed by atoms with E-state index in [1.807, 2.05) is 6.92 Å². The summed E-state index contributed by atoms with van der Waals surface area (Å²) < 4.78 is 0. The average molecular weight is 252 g/mol. The minimum atomic E-state index is -1.08. The monoisotopic (exact) mass is 252 g/mol. The number of nitrogens with zero attached hydrogens (tertiary/aromatic N) is 1. The van der Waals surface area contributed by atoms with E-state index in [4.69, 9.17) is 5.11 Å². The van der Waals surface area contributed by atoms with E-state index in [2.05, 4.69) is 10.3 Å². The van der Waals surface area contributed by atoms with Gasteiger partial charge in [-0.25, -0.2) is 4.79 Å². The molecule has 1 rings (SSSR count). The van der Waals surface area contributed by atoms with Crippen molar-refractivity contribution in [2.45, 2.75) is 26.3 Å². The highest BCUT2D eigenvalue weighted by atomic mass is 16.4. The van der Waals surface area contributed by atoms with Gasteiger partial charge in [0.25, 0.3) is 5.91 Å². The molecule has 0 radical (unpaired) electrons. The number of aromatic nitrogens is 1. The van der Waals surface area contributed by atoms with Crippen LogP contribution in [0.25, 0.3) is 0 Å². The van der Waals surface area contributed by atoms with E-state index in [1.165, 1.54) is 18.5 Å². The molecule has 1 unspecified atom stereocenters. The van der Waals surface area contributed by atoms with E-state index in [1.54, 1.807) is 6.92 Å². The SMILES string of the molecule is CCC(C)[C@H](NC(=O)c1cncc(O)c1)C(=O)O. The molecule has 98 valence electrons. The number of aliphatic carboxylic acids is 1. The van der Waals surface area contributed by atoms with Crippen molar-refractivity contribution >= 4 is 11.9 Å². The van der Waals surface area contributed by atoms with Gasteiger partial charge in [-0.05, 0) is 12.0 Å². The molecule has 6 nitrogen and oxygen atoms in total. The fraction of sp³-hybridized carbons (Fsp3) is 0.417. The number of hydrogen-bond donors (Lipinski definition) is 3. The Morgan fingerprint density at radius 3 is 2.61 bits per heavy atom. The van der Waals surface area contributed by atoms with Gasteiger partial charge in [0.15, 0.2) is 0 Å². The molecule has 0 bridgehead atoms. The number of carbonyl (C=O) groups is 2. The highest BCUT2D eigenvalue weighted by Gasteiger charge is 2.25. The predicted molar refractivity (Wildman–Crippen MR) is 64.2 cm³/mol. The molecule has 2 atom stereocenters. The molecule has 1 aromatic rings. The molecule has 3 N–H and O–H groups in total. The fourth-order valence-electron chi connectivity index (χ4n) is 1.46. The van der Waals surface area contributed by atoms with Crippen molar-refractivity contribution < 1.29 is 19.8 Å². The van der Waals surface area contributed by atoms with Crippen molar-refractivity contribution in [2.75, 3.05) is 0 Å². The van der Waals surface area contributed by atoms with Crippen molar-refractivity contribution in [1.29, 1.82) is 0 Å². The van der Waals surface area contributed by atoms with Crippen LogP contribution in [0, 0.1) is 5.92 Å². The number of carbonyl (C=O) groups excluding carboxylic acids is 1. The molecule has 0 aliphatic heterocycles. The van der Waals surface area contributed by atoms with Crippen LogP contribution in [0.1, 0.15) is 30.6 Å². The number of carboxylic acids is 1. The van der Waals surface area contributed by atoms with Gasteiger partial charge in [-0.2, -0.15) is 0 Å². The minimum absolute atomic E-state index is 0.129. The van der Waals surface area contributed by atoms with Crippen LogP contribution in [0.3, 0.4) is 0 Å². The van der Waals surface area contributed by atoms with E-state index in [-0.39, 0.29) is 17.2 Å². The first-order valence-corrected chi connectivity index (χ1v) is 5.63. The Bertz CT molecular complexity index is 447. The summed E-state index contributed by atoms with van der Waals surface area (Å²) in [6.45, 7) is 3.60. The number of amides is 1. The molecule has 0 saturated carbocycles. The van der Waals surface area contributed by atoms with Gasteiger partial charge < -0.3 is 15.5 Å². The standard InChI is InChI=1S/C12H16N2O4/c1-3-7(2)10(12(17)18)14-11(16)8-4-9(15)6-13-5-8/h4-7,10,15H,3H2,1-2H3,(H,14,16)(H,17,18)/t7?,10-/m0/s1. The third kappa shape index (κ3) is 3.44. The lowest BCUT2D eigenvalue weighted by Gasteiger charge is -2.20. The van der Waals surface area contributed by atoms with E-state index < -0.39 is 17.9 Å². The molecule has 1 aromatic heterocycles. The Labute approximate surface area is 105 Å². The summed E-state index contributed by atoms with van der Waals surface area (Å²) in [5.41, 5.74) is 0.129. The first-order chi connectivity index (χ1) is 8.45. The number of pyridine rings is 1. The van der Waals surface area contributed by atoms with Gasteiger partial charge in [-0.1, -0.05) is 20.3 Å². The van der Waals surface area contributed by atoms with Crippen LogP contribution >= 0.6 is 0 Å². The lowest BCUT2D eigenvalue weighted by atomic mass is 9.99. The summed E-state index contributed by atoms with van der Waals surface area (Å²) in [5.74, 6) is -1.97. The Kier molecular flexibility index (Phi) is 4.65. The van der Waals surface area contributed by atoms with Crippen molar-refractivity contribution in [3.05, 3.63) is 24.0 Å². The van der Waals surface area contributed by atoms with E-state index in [9.17, 15) is 14.7 Å². The summed E-state index contributed by atoms with van der Waals surface area (Å²) in [6, 6.07) is 0.280. The van der Waals surface area contributed by atoms with Crippen molar-refractivity contribution in [3.8, 4) is 5.75 Å². The molecule has 0 spiro atoms. The molecule has 6 heteroatoms. The molecular formula is C12H16N2O4. The predicted octanol–water partition coefficient (Wildman–Crippen LogP) is 1.02. The lowest BCUT2D eigenvalue weighted by molar-refractivity contribution is -0.140. The van der Waals surface area contributed by atoms with E-state index in [0.717, 1.165) is 0 Å². The van der Waals surface area contributed by atoms with E-state index >= 15 is 0 Å². The summed E-state index contributed by atoms with van der Waals surface area (Å²) in [4.78, 5) is 26.5. The maximum Gasteiger partial charge on any atom is 0.326 e. The zero-order valence-corrected chi connectivity index (χ0v) is 10.3. The maximum absolute atomic E-state index is 11.8. The highest BCUT2D eigenvalue weighted by molar-refractivity contribution is 5.96. The molecule has 0 fully saturated rings. The fourth-order valence-corrected chi connectivity index (χ4v) is 1.46. The Balaban J connectivity index is 2.82. The van der Waals surface area contributed by atoms with Gasteiger partial charge in [0.1, 0.15) is 11.8 Å². The Morgan fingerprint density at radius 2 is 2.11 bits per heavy atom. The Hall–Kier alpha value is -2.11. The molecule has 0 aromatic carbocycles. The number of rotatable bonds is 5. The van der Waals surface area contributed by atoms with Crippen LogP contribution in [0.4, 0.5) is 0 Å². The average Bonchev–Trinajstić information content (AvgIpc) is 2.34. The number of nitrogens with one attached hydrogen (secondary N) is 1. The van der Waals surface area contributed by atoms with Gasteiger partial charge in [-0.15, -0.1) is 0 Å². The Morgan fingerprint density at radius 1 is 1.44 bits per heavy atom. The maximum atomic E-state index is 11.8. The van der Waals surface area contributed by atoms with Gasteiger partial charge in [0, 0.05) is 6.20 Å². The third-order valence-electron chi connectivity index (χ3n) is 2.75. The first kappa shape index (κ1) is 14.0. The highest BCUT2D eigenvalue weighted by Crippen LogP contribution is 2.11. The minimum Gasteiger partial charge on any atom is -0.506 e. The van der Waals surface area contributed by atoms with Crippen molar-refractivity contribution in [1.82, 2.24) is 10.3 Å². The third-order valence-corrected chi connectivity index (χ3v) is 2.75. The number of carboxylic acid groups (broad SMARTS) is 1. The van der Waals surface area contributed by atoms with Gasteiger partial charge in [-0.3, -0.25) is 9.78 Å². The molecule has 0 aliphatic rings. The summed E-state index contributed by atoms with van der Waals surface area (Å²) in [7, 11) is 0.